The molecule has 5 nitrogen and oxygen atoms in total. The van der Waals surface area contributed by atoms with E-state index in [1.54, 1.807) is 24.4 Å². The van der Waals surface area contributed by atoms with Gasteiger partial charge in [0.2, 0.25) is 0 Å². The quantitative estimate of drug-likeness (QED) is 0.830. The normalized spacial score (nSPS) is 10.2. The van der Waals surface area contributed by atoms with E-state index >= 15 is 0 Å². The highest BCUT2D eigenvalue weighted by Crippen LogP contribution is 2.20. The van der Waals surface area contributed by atoms with Crippen LogP contribution in [0.4, 0.5) is 4.39 Å². The van der Waals surface area contributed by atoms with Crippen molar-refractivity contribution >= 4 is 5.91 Å². The van der Waals surface area contributed by atoms with E-state index in [0.717, 1.165) is 0 Å². The maximum atomic E-state index is 12.9. The minimum atomic E-state index is -0.348. The van der Waals surface area contributed by atoms with Gasteiger partial charge in [-0.2, -0.15) is 5.10 Å². The summed E-state index contributed by atoms with van der Waals surface area (Å²) in [6.45, 7) is 6.11. The number of hydrogen-bond donors (Lipinski definition) is 1. The predicted molar refractivity (Wildman–Crippen MR) is 77.2 cm³/mol. The molecule has 1 N–H and O–H groups in total. The molecule has 2 aromatic rings. The van der Waals surface area contributed by atoms with E-state index in [1.165, 1.54) is 16.8 Å². The van der Waals surface area contributed by atoms with Crippen molar-refractivity contribution in [2.45, 2.75) is 6.92 Å². The van der Waals surface area contributed by atoms with Crippen molar-refractivity contribution in [2.24, 2.45) is 0 Å². The Morgan fingerprint density at radius 1 is 1.48 bits per heavy atom. The van der Waals surface area contributed by atoms with Crippen LogP contribution >= 0.6 is 0 Å². The fraction of sp³-hybridized carbons (Fsp3) is 0.200. The lowest BCUT2D eigenvalue weighted by atomic mass is 10.3. The molecular formula is C15H16FN3O2. The second-order valence-electron chi connectivity index (χ2n) is 4.19. The van der Waals surface area contributed by atoms with Crippen LogP contribution in [0, 0.1) is 5.82 Å². The Bertz CT molecular complexity index is 635. The topological polar surface area (TPSA) is 56.2 Å². The van der Waals surface area contributed by atoms with E-state index in [4.69, 9.17) is 4.74 Å². The van der Waals surface area contributed by atoms with Gasteiger partial charge >= 0.3 is 0 Å². The summed E-state index contributed by atoms with van der Waals surface area (Å²) in [5, 5.41) is 6.85. The average Bonchev–Trinajstić information content (AvgIpc) is 2.90. The molecule has 0 atom stereocenters. The van der Waals surface area contributed by atoms with Gasteiger partial charge in [-0.25, -0.2) is 9.07 Å². The first-order chi connectivity index (χ1) is 10.2. The molecule has 1 amide bonds. The zero-order chi connectivity index (χ0) is 15.2. The van der Waals surface area contributed by atoms with Crippen LogP contribution in [0.2, 0.25) is 0 Å². The fourth-order valence-electron chi connectivity index (χ4n) is 1.75. The van der Waals surface area contributed by atoms with Gasteiger partial charge in [-0.1, -0.05) is 6.08 Å². The third-order valence-electron chi connectivity index (χ3n) is 2.69. The van der Waals surface area contributed by atoms with Crippen LogP contribution in [0.15, 0.2) is 43.1 Å². The number of carbonyl (C=O) groups is 1. The Morgan fingerprint density at radius 2 is 2.19 bits per heavy atom. The molecule has 1 heterocycles. The first kappa shape index (κ1) is 14.8. The van der Waals surface area contributed by atoms with Crippen molar-refractivity contribution in [3.05, 3.63) is 54.6 Å². The third-order valence-corrected chi connectivity index (χ3v) is 2.69. The summed E-state index contributed by atoms with van der Waals surface area (Å²) >= 11 is 0. The Labute approximate surface area is 122 Å². The maximum Gasteiger partial charge on any atom is 0.275 e. The molecular weight excluding hydrogens is 273 g/mol. The Hall–Kier alpha value is -2.63. The Kier molecular flexibility index (Phi) is 4.71. The first-order valence-electron chi connectivity index (χ1n) is 6.53. The molecule has 6 heteroatoms. The maximum absolute atomic E-state index is 12.9. The van der Waals surface area contributed by atoms with Gasteiger partial charge in [0, 0.05) is 6.54 Å². The van der Waals surface area contributed by atoms with Crippen molar-refractivity contribution in [3.8, 4) is 11.4 Å². The van der Waals surface area contributed by atoms with E-state index in [1.807, 2.05) is 6.92 Å². The van der Waals surface area contributed by atoms with Crippen LogP contribution in [0.5, 0.6) is 5.75 Å². The van der Waals surface area contributed by atoms with Gasteiger partial charge < -0.3 is 10.1 Å². The highest BCUT2D eigenvalue weighted by atomic mass is 19.1. The smallest absolute Gasteiger partial charge is 0.275 e. The number of hydrogen-bond acceptors (Lipinski definition) is 3. The molecule has 1 aromatic carbocycles. The summed E-state index contributed by atoms with van der Waals surface area (Å²) in [5.74, 6) is -0.303. The van der Waals surface area contributed by atoms with Crippen LogP contribution in [0.3, 0.4) is 0 Å². The summed E-state index contributed by atoms with van der Waals surface area (Å²) < 4.78 is 19.8. The molecule has 0 aliphatic rings. The van der Waals surface area contributed by atoms with Gasteiger partial charge in [-0.15, -0.1) is 6.58 Å². The minimum absolute atomic E-state index is 0.183. The number of aromatic nitrogens is 2. The van der Waals surface area contributed by atoms with E-state index in [-0.39, 0.29) is 17.4 Å². The average molecular weight is 289 g/mol. The second kappa shape index (κ2) is 6.69. The minimum Gasteiger partial charge on any atom is -0.490 e. The van der Waals surface area contributed by atoms with E-state index in [9.17, 15) is 9.18 Å². The number of halogens is 1. The molecule has 2 rings (SSSR count). The number of amides is 1. The summed E-state index contributed by atoms with van der Waals surface area (Å²) in [4.78, 5) is 12.0. The highest BCUT2D eigenvalue weighted by molar-refractivity contribution is 5.95. The number of benzene rings is 1. The monoisotopic (exact) mass is 289 g/mol. The lowest BCUT2D eigenvalue weighted by Crippen LogP contribution is -2.24. The summed E-state index contributed by atoms with van der Waals surface area (Å²) in [6, 6.07) is 5.80. The number of nitrogens with zero attached hydrogens (tertiary/aromatic N) is 2. The van der Waals surface area contributed by atoms with Crippen LogP contribution < -0.4 is 10.1 Å². The van der Waals surface area contributed by atoms with Gasteiger partial charge in [0.1, 0.15) is 5.82 Å². The summed E-state index contributed by atoms with van der Waals surface area (Å²) in [6.07, 6.45) is 3.18. The van der Waals surface area contributed by atoms with Crippen LogP contribution in [0.1, 0.15) is 17.4 Å². The number of nitrogens with one attached hydrogen (secondary N) is 1. The van der Waals surface area contributed by atoms with Gasteiger partial charge in [0.25, 0.3) is 5.91 Å². The van der Waals surface area contributed by atoms with Gasteiger partial charge in [0.05, 0.1) is 18.5 Å². The molecule has 0 radical (unpaired) electrons. The van der Waals surface area contributed by atoms with Gasteiger partial charge in [0.15, 0.2) is 11.4 Å². The number of rotatable bonds is 6. The fourth-order valence-corrected chi connectivity index (χ4v) is 1.75. The lowest BCUT2D eigenvalue weighted by molar-refractivity contribution is 0.0949. The molecule has 0 aliphatic carbocycles. The molecule has 0 unspecified atom stereocenters. The molecule has 0 aliphatic heterocycles. The first-order valence-corrected chi connectivity index (χ1v) is 6.53. The van der Waals surface area contributed by atoms with Gasteiger partial charge in [-0.3, -0.25) is 4.79 Å². The number of carbonyl (C=O) groups excluding carboxylic acids is 1. The molecule has 1 aromatic heterocycles. The Morgan fingerprint density at radius 3 is 2.81 bits per heavy atom. The SMILES string of the molecule is C=CCNC(=O)c1nn(-c2ccc(F)cc2)cc1OCC. The van der Waals surface area contributed by atoms with Crippen molar-refractivity contribution in [3.63, 3.8) is 0 Å². The predicted octanol–water partition coefficient (Wildman–Crippen LogP) is 2.33. The van der Waals surface area contributed by atoms with Crippen molar-refractivity contribution in [1.82, 2.24) is 15.1 Å². The molecule has 110 valence electrons. The molecule has 0 fully saturated rings. The van der Waals surface area contributed by atoms with E-state index < -0.39 is 0 Å². The van der Waals surface area contributed by atoms with Gasteiger partial charge in [-0.05, 0) is 31.2 Å². The Balaban J connectivity index is 2.33. The van der Waals surface area contributed by atoms with Crippen molar-refractivity contribution in [1.29, 1.82) is 0 Å². The van der Waals surface area contributed by atoms with E-state index in [2.05, 4.69) is 17.0 Å². The third kappa shape index (κ3) is 3.47. The standard InChI is InChI=1S/C15H16FN3O2/c1-3-9-17-15(20)14-13(21-4-2)10-19(18-14)12-7-5-11(16)6-8-12/h3,5-8,10H,1,4,9H2,2H3,(H,17,20). The zero-order valence-electron chi connectivity index (χ0n) is 11.7. The molecule has 0 saturated carbocycles. The second-order valence-corrected chi connectivity index (χ2v) is 4.19. The molecule has 21 heavy (non-hydrogen) atoms. The zero-order valence-corrected chi connectivity index (χ0v) is 11.7. The molecule has 0 spiro atoms. The summed E-state index contributed by atoms with van der Waals surface area (Å²) in [7, 11) is 0. The lowest BCUT2D eigenvalue weighted by Gasteiger charge is -2.02. The number of ether oxygens (including phenoxy) is 1. The molecule has 0 saturated heterocycles. The van der Waals surface area contributed by atoms with E-state index in [0.29, 0.717) is 24.6 Å². The molecule has 0 bridgehead atoms. The van der Waals surface area contributed by atoms with Crippen LogP contribution in [0.25, 0.3) is 5.69 Å². The highest BCUT2D eigenvalue weighted by Gasteiger charge is 2.18. The largest absolute Gasteiger partial charge is 0.490 e. The summed E-state index contributed by atoms with van der Waals surface area (Å²) in [5.41, 5.74) is 0.822. The van der Waals surface area contributed by atoms with Crippen molar-refractivity contribution < 1.29 is 13.9 Å². The van der Waals surface area contributed by atoms with Crippen LogP contribution in [-0.2, 0) is 0 Å². The van der Waals surface area contributed by atoms with Crippen LogP contribution in [-0.4, -0.2) is 28.8 Å². The van der Waals surface area contributed by atoms with Crippen molar-refractivity contribution in [2.75, 3.05) is 13.2 Å².